The van der Waals surface area contributed by atoms with Gasteiger partial charge in [-0.25, -0.2) is 8.42 Å². The molecule has 1 amide bonds. The quantitative estimate of drug-likeness (QED) is 0.622. The van der Waals surface area contributed by atoms with E-state index in [4.69, 9.17) is 4.74 Å². The molecular formula is C22H22N2O4S. The molecule has 0 bridgehead atoms. The number of benzene rings is 3. The number of hydrogen-bond acceptors (Lipinski definition) is 4. The first-order valence-corrected chi connectivity index (χ1v) is 10.5. The second kappa shape index (κ2) is 8.79. The van der Waals surface area contributed by atoms with Crippen molar-refractivity contribution in [1.29, 1.82) is 0 Å². The summed E-state index contributed by atoms with van der Waals surface area (Å²) in [5.41, 5.74) is 2.16. The van der Waals surface area contributed by atoms with Crippen LogP contribution in [0.3, 0.4) is 0 Å². The minimum atomic E-state index is -3.96. The molecule has 0 aromatic heterocycles. The van der Waals surface area contributed by atoms with Gasteiger partial charge in [0.2, 0.25) is 0 Å². The van der Waals surface area contributed by atoms with Gasteiger partial charge in [-0.15, -0.1) is 0 Å². The molecule has 0 atom stereocenters. The number of methoxy groups -OCH3 is 1. The van der Waals surface area contributed by atoms with Gasteiger partial charge in [0, 0.05) is 6.54 Å². The maximum absolute atomic E-state index is 13.0. The fourth-order valence-corrected chi connectivity index (χ4v) is 4.17. The van der Waals surface area contributed by atoms with Crippen molar-refractivity contribution >= 4 is 21.6 Å². The molecule has 150 valence electrons. The molecule has 6 nitrogen and oxygen atoms in total. The standard InChI is InChI=1S/C22H22N2O4S/c1-16-12-13-20(28-2)21(14-16)29(26,27)24-19-11-7-6-10-18(19)22(25)23-15-17-8-4-3-5-9-17/h3-14,24H,15H2,1-2H3,(H,23,25). The van der Waals surface area contributed by atoms with Crippen molar-refractivity contribution in [2.24, 2.45) is 0 Å². The highest BCUT2D eigenvalue weighted by Gasteiger charge is 2.22. The first-order valence-electron chi connectivity index (χ1n) is 8.99. The minimum Gasteiger partial charge on any atom is -0.495 e. The van der Waals surface area contributed by atoms with Gasteiger partial charge in [0.25, 0.3) is 15.9 Å². The lowest BCUT2D eigenvalue weighted by Crippen LogP contribution is -2.25. The van der Waals surface area contributed by atoms with Crippen LogP contribution in [0.5, 0.6) is 5.75 Å². The van der Waals surface area contributed by atoms with E-state index in [-0.39, 0.29) is 27.8 Å². The van der Waals surface area contributed by atoms with Crippen molar-refractivity contribution in [3.8, 4) is 5.75 Å². The number of ether oxygens (including phenoxy) is 1. The molecule has 0 aliphatic rings. The molecule has 0 saturated carbocycles. The summed E-state index contributed by atoms with van der Waals surface area (Å²) in [7, 11) is -2.55. The third-order valence-electron chi connectivity index (χ3n) is 4.32. The van der Waals surface area contributed by atoms with Crippen LogP contribution in [0.15, 0.2) is 77.7 Å². The van der Waals surface area contributed by atoms with E-state index in [2.05, 4.69) is 10.0 Å². The third-order valence-corrected chi connectivity index (χ3v) is 5.71. The minimum absolute atomic E-state index is 0.0134. The molecule has 0 radical (unpaired) electrons. The Bertz CT molecular complexity index is 1110. The van der Waals surface area contributed by atoms with E-state index >= 15 is 0 Å². The van der Waals surface area contributed by atoms with Crippen molar-refractivity contribution in [2.45, 2.75) is 18.4 Å². The average Bonchev–Trinajstić information content (AvgIpc) is 2.73. The fourth-order valence-electron chi connectivity index (χ4n) is 2.84. The van der Waals surface area contributed by atoms with Gasteiger partial charge in [-0.2, -0.15) is 0 Å². The highest BCUT2D eigenvalue weighted by Crippen LogP contribution is 2.28. The number of nitrogens with one attached hydrogen (secondary N) is 2. The Hall–Kier alpha value is -3.32. The summed E-state index contributed by atoms with van der Waals surface area (Å²) >= 11 is 0. The van der Waals surface area contributed by atoms with Crippen LogP contribution in [-0.2, 0) is 16.6 Å². The van der Waals surface area contributed by atoms with Crippen molar-refractivity contribution in [3.63, 3.8) is 0 Å². The number of amides is 1. The summed E-state index contributed by atoms with van der Waals surface area (Å²) in [4.78, 5) is 12.7. The molecule has 0 aliphatic heterocycles. The number of hydrogen-bond donors (Lipinski definition) is 2. The molecule has 3 rings (SSSR count). The van der Waals surface area contributed by atoms with Crippen LogP contribution in [0.4, 0.5) is 5.69 Å². The SMILES string of the molecule is COc1ccc(C)cc1S(=O)(=O)Nc1ccccc1C(=O)NCc1ccccc1. The Morgan fingerprint density at radius 3 is 2.38 bits per heavy atom. The Labute approximate surface area is 170 Å². The van der Waals surface area contributed by atoms with Gasteiger partial charge in [0.05, 0.1) is 18.4 Å². The number of carbonyl (C=O) groups is 1. The Morgan fingerprint density at radius 1 is 0.966 bits per heavy atom. The highest BCUT2D eigenvalue weighted by molar-refractivity contribution is 7.92. The summed E-state index contributed by atoms with van der Waals surface area (Å²) in [5, 5.41) is 2.81. The Balaban J connectivity index is 1.85. The second-order valence-electron chi connectivity index (χ2n) is 6.47. The predicted molar refractivity (Wildman–Crippen MR) is 113 cm³/mol. The van der Waals surface area contributed by atoms with Gasteiger partial charge in [-0.05, 0) is 42.3 Å². The van der Waals surface area contributed by atoms with Crippen molar-refractivity contribution < 1.29 is 17.9 Å². The molecule has 0 heterocycles. The zero-order chi connectivity index (χ0) is 20.9. The number of sulfonamides is 1. The Kier molecular flexibility index (Phi) is 6.19. The number of anilines is 1. The molecule has 0 aliphatic carbocycles. The van der Waals surface area contributed by atoms with Crippen LogP contribution in [0, 0.1) is 6.92 Å². The van der Waals surface area contributed by atoms with Crippen LogP contribution < -0.4 is 14.8 Å². The molecule has 0 unspecified atom stereocenters. The fraction of sp³-hybridized carbons (Fsp3) is 0.136. The predicted octanol–water partition coefficient (Wildman–Crippen LogP) is 3.73. The number of carbonyl (C=O) groups excluding carboxylic acids is 1. The largest absolute Gasteiger partial charge is 0.495 e. The molecule has 0 spiro atoms. The zero-order valence-corrected chi connectivity index (χ0v) is 17.0. The van der Waals surface area contributed by atoms with E-state index in [0.717, 1.165) is 11.1 Å². The lowest BCUT2D eigenvalue weighted by Gasteiger charge is -2.15. The van der Waals surface area contributed by atoms with E-state index in [1.807, 2.05) is 30.3 Å². The van der Waals surface area contributed by atoms with E-state index in [9.17, 15) is 13.2 Å². The number of aryl methyl sites for hydroxylation is 1. The lowest BCUT2D eigenvalue weighted by atomic mass is 10.1. The van der Waals surface area contributed by atoms with Crippen LogP contribution in [-0.4, -0.2) is 21.4 Å². The molecule has 7 heteroatoms. The molecule has 3 aromatic rings. The van der Waals surface area contributed by atoms with Crippen LogP contribution in [0.1, 0.15) is 21.5 Å². The van der Waals surface area contributed by atoms with Gasteiger partial charge in [-0.3, -0.25) is 9.52 Å². The molecule has 0 saturated heterocycles. The second-order valence-corrected chi connectivity index (χ2v) is 8.12. The summed E-state index contributed by atoms with van der Waals surface area (Å²) in [6, 6.07) is 20.8. The van der Waals surface area contributed by atoms with Crippen molar-refractivity contribution in [2.75, 3.05) is 11.8 Å². The first kappa shape index (κ1) is 20.4. The number of rotatable bonds is 7. The van der Waals surface area contributed by atoms with E-state index in [1.54, 1.807) is 43.3 Å². The van der Waals surface area contributed by atoms with Crippen LogP contribution in [0.2, 0.25) is 0 Å². The monoisotopic (exact) mass is 410 g/mol. The normalized spacial score (nSPS) is 11.0. The highest BCUT2D eigenvalue weighted by atomic mass is 32.2. The van der Waals surface area contributed by atoms with E-state index in [1.165, 1.54) is 13.2 Å². The molecule has 3 aromatic carbocycles. The molecule has 0 fully saturated rings. The third kappa shape index (κ3) is 4.94. The maximum Gasteiger partial charge on any atom is 0.265 e. The van der Waals surface area contributed by atoms with Gasteiger partial charge in [-0.1, -0.05) is 48.5 Å². The van der Waals surface area contributed by atoms with Crippen molar-refractivity contribution in [3.05, 3.63) is 89.5 Å². The smallest absolute Gasteiger partial charge is 0.265 e. The summed E-state index contributed by atoms with van der Waals surface area (Å²) in [5.74, 6) is -0.141. The number of para-hydroxylation sites is 1. The topological polar surface area (TPSA) is 84.5 Å². The van der Waals surface area contributed by atoms with Gasteiger partial charge < -0.3 is 10.1 Å². The van der Waals surface area contributed by atoms with Crippen molar-refractivity contribution in [1.82, 2.24) is 5.32 Å². The van der Waals surface area contributed by atoms with E-state index in [0.29, 0.717) is 6.54 Å². The average molecular weight is 410 g/mol. The lowest BCUT2D eigenvalue weighted by molar-refractivity contribution is 0.0952. The maximum atomic E-state index is 13.0. The molecule has 29 heavy (non-hydrogen) atoms. The Morgan fingerprint density at radius 2 is 1.66 bits per heavy atom. The first-order chi connectivity index (χ1) is 13.9. The summed E-state index contributed by atoms with van der Waals surface area (Å²) < 4.78 is 33.6. The van der Waals surface area contributed by atoms with E-state index < -0.39 is 10.0 Å². The summed E-state index contributed by atoms with van der Waals surface area (Å²) in [6.45, 7) is 2.13. The summed E-state index contributed by atoms with van der Waals surface area (Å²) in [6.07, 6.45) is 0. The van der Waals surface area contributed by atoms with Crippen LogP contribution >= 0.6 is 0 Å². The van der Waals surface area contributed by atoms with Gasteiger partial charge >= 0.3 is 0 Å². The molecular weight excluding hydrogens is 388 g/mol. The molecule has 2 N–H and O–H groups in total. The van der Waals surface area contributed by atoms with Crippen LogP contribution in [0.25, 0.3) is 0 Å². The van der Waals surface area contributed by atoms with Gasteiger partial charge in [0.1, 0.15) is 10.6 Å². The van der Waals surface area contributed by atoms with Gasteiger partial charge in [0.15, 0.2) is 0 Å². The zero-order valence-electron chi connectivity index (χ0n) is 16.2.